The summed E-state index contributed by atoms with van der Waals surface area (Å²) >= 11 is 4.94. The molecular weight excluding hydrogens is 290 g/mol. The molecule has 0 fully saturated rings. The SMILES string of the molecule is CCNCCc1nnc(-c2ccoc2Br)s1. The molecule has 2 aromatic heterocycles. The van der Waals surface area contributed by atoms with E-state index in [0.717, 1.165) is 35.1 Å². The van der Waals surface area contributed by atoms with Crippen LogP contribution >= 0.6 is 27.3 Å². The van der Waals surface area contributed by atoms with Crippen molar-refractivity contribution < 1.29 is 4.42 Å². The van der Waals surface area contributed by atoms with Gasteiger partial charge in [-0.15, -0.1) is 10.2 Å². The van der Waals surface area contributed by atoms with E-state index in [1.54, 1.807) is 17.6 Å². The molecule has 0 atom stereocenters. The molecule has 0 radical (unpaired) electrons. The van der Waals surface area contributed by atoms with Crippen molar-refractivity contribution in [3.05, 3.63) is 22.0 Å². The second-order valence-corrected chi connectivity index (χ2v) is 4.99. The molecule has 0 saturated carbocycles. The molecule has 16 heavy (non-hydrogen) atoms. The number of nitrogens with one attached hydrogen (secondary N) is 1. The summed E-state index contributed by atoms with van der Waals surface area (Å²) in [4.78, 5) is 0. The quantitative estimate of drug-likeness (QED) is 0.863. The predicted molar refractivity (Wildman–Crippen MR) is 67.6 cm³/mol. The number of halogens is 1. The zero-order valence-corrected chi connectivity index (χ0v) is 11.3. The predicted octanol–water partition coefficient (Wildman–Crippen LogP) is 2.71. The Bertz CT molecular complexity index is 454. The molecule has 0 unspecified atom stereocenters. The molecule has 0 aliphatic carbocycles. The van der Waals surface area contributed by atoms with E-state index < -0.39 is 0 Å². The van der Waals surface area contributed by atoms with Gasteiger partial charge in [-0.1, -0.05) is 18.3 Å². The second-order valence-electron chi connectivity index (χ2n) is 3.21. The molecule has 2 aromatic rings. The molecule has 6 heteroatoms. The summed E-state index contributed by atoms with van der Waals surface area (Å²) < 4.78 is 5.88. The van der Waals surface area contributed by atoms with Crippen LogP contribution in [0.25, 0.3) is 10.6 Å². The van der Waals surface area contributed by atoms with Crippen LogP contribution in [-0.2, 0) is 6.42 Å². The molecule has 2 heterocycles. The lowest BCUT2D eigenvalue weighted by molar-refractivity contribution is 0.542. The smallest absolute Gasteiger partial charge is 0.179 e. The van der Waals surface area contributed by atoms with Crippen LogP contribution in [0.15, 0.2) is 21.4 Å². The van der Waals surface area contributed by atoms with Gasteiger partial charge in [0.2, 0.25) is 0 Å². The Morgan fingerprint density at radius 2 is 2.38 bits per heavy atom. The average Bonchev–Trinajstić information content (AvgIpc) is 2.87. The summed E-state index contributed by atoms with van der Waals surface area (Å²) in [7, 11) is 0. The van der Waals surface area contributed by atoms with Crippen molar-refractivity contribution in [1.82, 2.24) is 15.5 Å². The lowest BCUT2D eigenvalue weighted by Crippen LogP contribution is -2.15. The Balaban J connectivity index is 2.05. The minimum Gasteiger partial charge on any atom is -0.457 e. The molecule has 4 nitrogen and oxygen atoms in total. The highest BCUT2D eigenvalue weighted by Gasteiger charge is 2.11. The number of rotatable bonds is 5. The zero-order valence-electron chi connectivity index (χ0n) is 8.86. The lowest BCUT2D eigenvalue weighted by atomic mass is 10.4. The van der Waals surface area contributed by atoms with Crippen LogP contribution in [0.3, 0.4) is 0 Å². The largest absolute Gasteiger partial charge is 0.457 e. The highest BCUT2D eigenvalue weighted by atomic mass is 79.9. The van der Waals surface area contributed by atoms with Gasteiger partial charge < -0.3 is 9.73 Å². The van der Waals surface area contributed by atoms with Crippen molar-refractivity contribution in [2.24, 2.45) is 0 Å². The van der Waals surface area contributed by atoms with Gasteiger partial charge in [-0.25, -0.2) is 0 Å². The van der Waals surface area contributed by atoms with Crippen LogP contribution in [0, 0.1) is 0 Å². The van der Waals surface area contributed by atoms with Gasteiger partial charge in [-0.05, 0) is 28.5 Å². The van der Waals surface area contributed by atoms with Crippen molar-refractivity contribution in [3.8, 4) is 10.6 Å². The van der Waals surface area contributed by atoms with Crippen molar-refractivity contribution >= 4 is 27.3 Å². The summed E-state index contributed by atoms with van der Waals surface area (Å²) in [6.07, 6.45) is 2.56. The normalized spacial score (nSPS) is 10.9. The van der Waals surface area contributed by atoms with Gasteiger partial charge in [0.05, 0.1) is 11.8 Å². The first-order valence-corrected chi connectivity index (χ1v) is 6.68. The molecule has 0 aliphatic heterocycles. The fourth-order valence-electron chi connectivity index (χ4n) is 1.28. The maximum Gasteiger partial charge on any atom is 0.179 e. The topological polar surface area (TPSA) is 51.0 Å². The highest BCUT2D eigenvalue weighted by Crippen LogP contribution is 2.31. The minimum atomic E-state index is 0.710. The third-order valence-electron chi connectivity index (χ3n) is 2.08. The Hall–Kier alpha value is -0.720. The zero-order chi connectivity index (χ0) is 11.4. The van der Waals surface area contributed by atoms with Gasteiger partial charge in [0.1, 0.15) is 5.01 Å². The third-order valence-corrected chi connectivity index (χ3v) is 3.71. The van der Waals surface area contributed by atoms with Crippen LogP contribution < -0.4 is 5.32 Å². The van der Waals surface area contributed by atoms with Crippen molar-refractivity contribution in [2.45, 2.75) is 13.3 Å². The van der Waals surface area contributed by atoms with E-state index in [1.807, 2.05) is 6.07 Å². The Morgan fingerprint density at radius 1 is 1.50 bits per heavy atom. The molecule has 0 saturated heterocycles. The molecule has 0 amide bonds. The second kappa shape index (κ2) is 5.56. The molecule has 0 aliphatic rings. The van der Waals surface area contributed by atoms with E-state index >= 15 is 0 Å². The standard InChI is InChI=1S/C10H12BrN3OS/c1-2-12-5-3-8-13-14-10(16-8)7-4-6-15-9(7)11/h4,6,12H,2-3,5H2,1H3. The van der Waals surface area contributed by atoms with Gasteiger partial charge in [0.25, 0.3) is 0 Å². The van der Waals surface area contributed by atoms with E-state index in [1.165, 1.54) is 0 Å². The fourth-order valence-corrected chi connectivity index (χ4v) is 2.70. The van der Waals surface area contributed by atoms with Gasteiger partial charge in [0, 0.05) is 13.0 Å². The van der Waals surface area contributed by atoms with Crippen molar-refractivity contribution in [2.75, 3.05) is 13.1 Å². The molecule has 1 N–H and O–H groups in total. The molecule has 86 valence electrons. The Morgan fingerprint density at radius 3 is 3.06 bits per heavy atom. The number of hydrogen-bond donors (Lipinski definition) is 1. The average molecular weight is 302 g/mol. The van der Waals surface area contributed by atoms with Crippen LogP contribution in [0.4, 0.5) is 0 Å². The maximum atomic E-state index is 5.17. The molecule has 2 rings (SSSR count). The molecule has 0 bridgehead atoms. The van der Waals surface area contributed by atoms with Gasteiger partial charge >= 0.3 is 0 Å². The van der Waals surface area contributed by atoms with Crippen molar-refractivity contribution in [3.63, 3.8) is 0 Å². The summed E-state index contributed by atoms with van der Waals surface area (Å²) in [5.41, 5.74) is 0.965. The van der Waals surface area contributed by atoms with E-state index in [0.29, 0.717) is 4.67 Å². The molecule has 0 aromatic carbocycles. The summed E-state index contributed by atoms with van der Waals surface area (Å²) in [5.74, 6) is 0. The summed E-state index contributed by atoms with van der Waals surface area (Å²) in [6.45, 7) is 4.02. The van der Waals surface area contributed by atoms with Crippen LogP contribution in [0.5, 0.6) is 0 Å². The first-order valence-electron chi connectivity index (χ1n) is 5.07. The number of hydrogen-bond acceptors (Lipinski definition) is 5. The van der Waals surface area contributed by atoms with Gasteiger partial charge in [0.15, 0.2) is 9.68 Å². The minimum absolute atomic E-state index is 0.710. The van der Waals surface area contributed by atoms with E-state index in [4.69, 9.17) is 4.42 Å². The molecular formula is C10H12BrN3OS. The monoisotopic (exact) mass is 301 g/mol. The Labute approximate surface area is 106 Å². The van der Waals surface area contributed by atoms with Gasteiger partial charge in [-0.2, -0.15) is 0 Å². The number of likely N-dealkylation sites (N-methyl/N-ethyl adjacent to an activating group) is 1. The van der Waals surface area contributed by atoms with Crippen LogP contribution in [-0.4, -0.2) is 23.3 Å². The molecule has 0 spiro atoms. The van der Waals surface area contributed by atoms with Crippen LogP contribution in [0.2, 0.25) is 0 Å². The number of aromatic nitrogens is 2. The lowest BCUT2D eigenvalue weighted by Gasteiger charge is -1.95. The highest BCUT2D eigenvalue weighted by molar-refractivity contribution is 9.10. The van der Waals surface area contributed by atoms with E-state index in [-0.39, 0.29) is 0 Å². The summed E-state index contributed by atoms with van der Waals surface area (Å²) in [5, 5.41) is 13.5. The maximum absolute atomic E-state index is 5.17. The van der Waals surface area contributed by atoms with Crippen LogP contribution in [0.1, 0.15) is 11.9 Å². The van der Waals surface area contributed by atoms with Gasteiger partial charge in [-0.3, -0.25) is 0 Å². The first kappa shape index (κ1) is 11.8. The van der Waals surface area contributed by atoms with E-state index in [9.17, 15) is 0 Å². The number of furan rings is 1. The summed E-state index contributed by atoms with van der Waals surface area (Å²) in [6, 6.07) is 1.89. The van der Waals surface area contributed by atoms with Crippen molar-refractivity contribution in [1.29, 1.82) is 0 Å². The fraction of sp³-hybridized carbons (Fsp3) is 0.400. The van der Waals surface area contributed by atoms with E-state index in [2.05, 4.69) is 38.4 Å². The first-order chi connectivity index (χ1) is 7.81. The number of nitrogens with zero attached hydrogens (tertiary/aromatic N) is 2. The Kier molecular flexibility index (Phi) is 4.09. The third kappa shape index (κ3) is 2.69.